The van der Waals surface area contributed by atoms with Gasteiger partial charge in [-0.25, -0.2) is 0 Å². The quantitative estimate of drug-likeness (QED) is 0.310. The van der Waals surface area contributed by atoms with E-state index >= 15 is 0 Å². The molecule has 0 rings (SSSR count). The molecule has 0 heterocycles. The predicted octanol–water partition coefficient (Wildman–Crippen LogP) is 1.44. The van der Waals surface area contributed by atoms with Crippen molar-refractivity contribution in [3.63, 3.8) is 0 Å². The lowest BCUT2D eigenvalue weighted by molar-refractivity contribution is -0.121. The van der Waals surface area contributed by atoms with E-state index in [1.807, 2.05) is 0 Å². The first-order chi connectivity index (χ1) is 5.70. The predicted molar refractivity (Wildman–Crippen MR) is 54.0 cm³/mol. The Hall–Kier alpha value is -0.160. The monoisotopic (exact) mass is 207 g/mol. The number of rotatable bonds is 6. The standard InChI is InChI=1S/C7H13NO2S2/c1-3-4-11-12-7(5-9)8-6(2)10/h5,7H,3-4H2,1-2H3,(H,8,10). The molecule has 0 fully saturated rings. The van der Waals surface area contributed by atoms with Crippen LogP contribution in [0.15, 0.2) is 0 Å². The number of carbonyl (C=O) groups is 2. The molecule has 0 saturated heterocycles. The average molecular weight is 207 g/mol. The summed E-state index contributed by atoms with van der Waals surface area (Å²) in [6.45, 7) is 3.48. The molecule has 1 N–H and O–H groups in total. The van der Waals surface area contributed by atoms with Crippen LogP contribution in [-0.2, 0) is 9.59 Å². The second-order valence-corrected chi connectivity index (χ2v) is 4.80. The van der Waals surface area contributed by atoms with Gasteiger partial charge in [0.2, 0.25) is 5.91 Å². The molecule has 0 radical (unpaired) electrons. The Morgan fingerprint density at radius 1 is 1.67 bits per heavy atom. The van der Waals surface area contributed by atoms with Crippen molar-refractivity contribution < 1.29 is 9.59 Å². The van der Waals surface area contributed by atoms with E-state index in [1.165, 1.54) is 17.7 Å². The highest BCUT2D eigenvalue weighted by Gasteiger charge is 2.07. The van der Waals surface area contributed by atoms with Crippen LogP contribution in [0.1, 0.15) is 20.3 Å². The molecule has 0 aliphatic rings. The van der Waals surface area contributed by atoms with Crippen molar-refractivity contribution in [1.82, 2.24) is 5.32 Å². The molecular weight excluding hydrogens is 194 g/mol. The highest BCUT2D eigenvalue weighted by molar-refractivity contribution is 8.77. The van der Waals surface area contributed by atoms with Crippen LogP contribution in [0.2, 0.25) is 0 Å². The maximum Gasteiger partial charge on any atom is 0.218 e. The molecule has 0 bridgehead atoms. The van der Waals surface area contributed by atoms with Crippen LogP contribution in [0, 0.1) is 0 Å². The fourth-order valence-electron chi connectivity index (χ4n) is 0.486. The molecule has 1 unspecified atom stereocenters. The zero-order chi connectivity index (χ0) is 9.40. The summed E-state index contributed by atoms with van der Waals surface area (Å²) in [7, 11) is 2.99. The van der Waals surface area contributed by atoms with Crippen molar-refractivity contribution in [2.75, 3.05) is 5.75 Å². The van der Waals surface area contributed by atoms with E-state index in [9.17, 15) is 9.59 Å². The summed E-state index contributed by atoms with van der Waals surface area (Å²) >= 11 is 0. The summed E-state index contributed by atoms with van der Waals surface area (Å²) < 4.78 is 0. The SMILES string of the molecule is CCCSSC(C=O)NC(C)=O. The highest BCUT2D eigenvalue weighted by atomic mass is 33.1. The van der Waals surface area contributed by atoms with Crippen molar-refractivity contribution in [2.24, 2.45) is 0 Å². The Balaban J connectivity index is 3.53. The number of amides is 1. The molecule has 5 heteroatoms. The van der Waals surface area contributed by atoms with Gasteiger partial charge >= 0.3 is 0 Å². The summed E-state index contributed by atoms with van der Waals surface area (Å²) in [4.78, 5) is 20.9. The summed E-state index contributed by atoms with van der Waals surface area (Å²) in [5.41, 5.74) is 0. The fourth-order valence-corrected chi connectivity index (χ4v) is 2.66. The lowest BCUT2D eigenvalue weighted by Gasteiger charge is -2.08. The van der Waals surface area contributed by atoms with Crippen molar-refractivity contribution >= 4 is 33.8 Å². The van der Waals surface area contributed by atoms with Crippen molar-refractivity contribution in [1.29, 1.82) is 0 Å². The third-order valence-corrected chi connectivity index (χ3v) is 3.61. The molecule has 0 aromatic heterocycles. The minimum absolute atomic E-state index is 0.170. The van der Waals surface area contributed by atoms with Gasteiger partial charge in [-0.1, -0.05) is 28.5 Å². The summed E-state index contributed by atoms with van der Waals surface area (Å²) in [6, 6.07) is 0. The highest BCUT2D eigenvalue weighted by Crippen LogP contribution is 2.24. The molecule has 1 atom stereocenters. The first-order valence-electron chi connectivity index (χ1n) is 3.71. The zero-order valence-electron chi connectivity index (χ0n) is 7.20. The number of aldehydes is 1. The third-order valence-electron chi connectivity index (χ3n) is 0.928. The van der Waals surface area contributed by atoms with E-state index in [2.05, 4.69) is 12.2 Å². The normalized spacial score (nSPS) is 12.2. The van der Waals surface area contributed by atoms with E-state index < -0.39 is 5.37 Å². The molecule has 0 spiro atoms. The molecule has 0 aliphatic carbocycles. The second-order valence-electron chi connectivity index (χ2n) is 2.18. The van der Waals surface area contributed by atoms with Gasteiger partial charge in [-0.15, -0.1) is 0 Å². The van der Waals surface area contributed by atoms with Gasteiger partial charge in [0.25, 0.3) is 0 Å². The topological polar surface area (TPSA) is 46.2 Å². The van der Waals surface area contributed by atoms with Crippen molar-refractivity contribution in [3.05, 3.63) is 0 Å². The van der Waals surface area contributed by atoms with Crippen LogP contribution in [0.25, 0.3) is 0 Å². The van der Waals surface area contributed by atoms with Gasteiger partial charge < -0.3 is 10.1 Å². The van der Waals surface area contributed by atoms with E-state index in [-0.39, 0.29) is 5.91 Å². The van der Waals surface area contributed by atoms with Gasteiger partial charge in [0.15, 0.2) is 6.29 Å². The van der Waals surface area contributed by atoms with Crippen molar-refractivity contribution in [3.8, 4) is 0 Å². The maximum atomic E-state index is 10.6. The van der Waals surface area contributed by atoms with Gasteiger partial charge in [0.05, 0.1) is 0 Å². The Morgan fingerprint density at radius 3 is 2.75 bits per heavy atom. The van der Waals surface area contributed by atoms with Gasteiger partial charge in [-0.05, 0) is 6.42 Å². The van der Waals surface area contributed by atoms with Gasteiger partial charge in [0.1, 0.15) is 5.37 Å². The Morgan fingerprint density at radius 2 is 2.33 bits per heavy atom. The Kier molecular flexibility index (Phi) is 7.39. The molecule has 12 heavy (non-hydrogen) atoms. The third kappa shape index (κ3) is 6.54. The minimum atomic E-state index is -0.404. The van der Waals surface area contributed by atoms with Crippen LogP contribution in [0.4, 0.5) is 0 Å². The lowest BCUT2D eigenvalue weighted by atomic mass is 10.6. The fraction of sp³-hybridized carbons (Fsp3) is 0.714. The van der Waals surface area contributed by atoms with Gasteiger partial charge in [0, 0.05) is 12.7 Å². The van der Waals surface area contributed by atoms with E-state index in [0.29, 0.717) is 0 Å². The second kappa shape index (κ2) is 7.49. The molecule has 0 aliphatic heterocycles. The van der Waals surface area contributed by atoms with E-state index in [0.717, 1.165) is 18.5 Å². The molecule has 70 valence electrons. The zero-order valence-corrected chi connectivity index (χ0v) is 8.83. The first-order valence-corrected chi connectivity index (χ1v) is 6.09. The number of hydrogen-bond acceptors (Lipinski definition) is 4. The minimum Gasteiger partial charge on any atom is -0.337 e. The maximum absolute atomic E-state index is 10.6. The molecule has 0 aromatic carbocycles. The van der Waals surface area contributed by atoms with E-state index in [1.54, 1.807) is 10.8 Å². The number of carbonyl (C=O) groups excluding carboxylic acids is 2. The van der Waals surface area contributed by atoms with Crippen molar-refractivity contribution in [2.45, 2.75) is 25.6 Å². The average Bonchev–Trinajstić information content (AvgIpc) is 2.02. The van der Waals surface area contributed by atoms with Crippen LogP contribution in [0.3, 0.4) is 0 Å². The Labute approximate surface area is 80.4 Å². The molecule has 1 amide bonds. The van der Waals surface area contributed by atoms with Crippen LogP contribution in [-0.4, -0.2) is 23.3 Å². The molecular formula is C7H13NO2S2. The molecule has 3 nitrogen and oxygen atoms in total. The first kappa shape index (κ1) is 11.8. The van der Waals surface area contributed by atoms with Gasteiger partial charge in [-0.3, -0.25) is 4.79 Å². The Bertz CT molecular complexity index is 152. The van der Waals surface area contributed by atoms with Crippen LogP contribution in [0.5, 0.6) is 0 Å². The van der Waals surface area contributed by atoms with E-state index in [4.69, 9.17) is 0 Å². The van der Waals surface area contributed by atoms with Gasteiger partial charge in [-0.2, -0.15) is 0 Å². The molecule has 0 aromatic rings. The lowest BCUT2D eigenvalue weighted by Crippen LogP contribution is -2.30. The summed E-state index contributed by atoms with van der Waals surface area (Å²) in [5, 5.41) is 2.12. The number of nitrogens with one attached hydrogen (secondary N) is 1. The largest absolute Gasteiger partial charge is 0.337 e. The van der Waals surface area contributed by atoms with Crippen LogP contribution >= 0.6 is 21.6 Å². The summed E-state index contributed by atoms with van der Waals surface area (Å²) in [6.07, 6.45) is 1.82. The molecule has 0 saturated carbocycles. The summed E-state index contributed by atoms with van der Waals surface area (Å²) in [5.74, 6) is 0.825. The van der Waals surface area contributed by atoms with Crippen LogP contribution < -0.4 is 5.32 Å². The number of hydrogen-bond donors (Lipinski definition) is 1. The smallest absolute Gasteiger partial charge is 0.218 e.